The summed E-state index contributed by atoms with van der Waals surface area (Å²) in [5.41, 5.74) is -1.45. The minimum atomic E-state index is -3.87. The van der Waals surface area contributed by atoms with Crippen molar-refractivity contribution in [1.82, 2.24) is 0 Å². The Bertz CT molecular complexity index is 1350. The Kier molecular flexibility index (Phi) is 9.23. The van der Waals surface area contributed by atoms with Crippen LogP contribution in [0.25, 0.3) is 0 Å². The van der Waals surface area contributed by atoms with Crippen LogP contribution in [0.1, 0.15) is 41.5 Å². The highest BCUT2D eigenvalue weighted by Crippen LogP contribution is 2.68. The molecule has 0 atom stereocenters. The van der Waals surface area contributed by atoms with Gasteiger partial charge in [-0.05, 0) is 102 Å². The maximum Gasteiger partial charge on any atom is 0.514 e. The third kappa shape index (κ3) is 8.73. The first-order chi connectivity index (χ1) is 18.5. The molecule has 9 nitrogen and oxygen atoms in total. The molecule has 0 amide bonds. The monoisotopic (exact) mass is 591 g/mol. The van der Waals surface area contributed by atoms with Gasteiger partial charge >= 0.3 is 22.4 Å². The Morgan fingerprint density at radius 1 is 0.600 bits per heavy atom. The lowest BCUT2D eigenvalue weighted by Crippen LogP contribution is -2.26. The Labute approximate surface area is 237 Å². The number of benzene rings is 3. The van der Waals surface area contributed by atoms with Gasteiger partial charge in [0.2, 0.25) is 0 Å². The van der Waals surface area contributed by atoms with Crippen LogP contribution < -0.4 is 9.47 Å². The van der Waals surface area contributed by atoms with Crippen LogP contribution in [0.3, 0.4) is 0 Å². The van der Waals surface area contributed by atoms with Crippen molar-refractivity contribution in [1.29, 1.82) is 0 Å². The zero-order valence-electron chi connectivity index (χ0n) is 23.5. The molecule has 0 spiro atoms. The lowest BCUT2D eigenvalue weighted by atomic mass is 10.2. The highest BCUT2D eigenvalue weighted by atomic mass is 32.3. The predicted molar refractivity (Wildman–Crippen MR) is 153 cm³/mol. The Morgan fingerprint density at radius 3 is 1.27 bits per heavy atom. The van der Waals surface area contributed by atoms with Crippen LogP contribution in [0, 0.1) is 0 Å². The van der Waals surface area contributed by atoms with Crippen molar-refractivity contribution in [3.63, 3.8) is 0 Å². The van der Waals surface area contributed by atoms with Gasteiger partial charge in [-0.2, -0.15) is 8.42 Å². The second-order valence-electron chi connectivity index (χ2n) is 10.8. The molecule has 3 rings (SSSR count). The number of rotatable bonds is 7. The van der Waals surface area contributed by atoms with Crippen molar-refractivity contribution in [2.45, 2.75) is 67.4 Å². The normalized spacial score (nSPS) is 12.8. The zero-order valence-corrected chi connectivity index (χ0v) is 25.2. The lowest BCUT2D eigenvalue weighted by Gasteiger charge is -2.34. The van der Waals surface area contributed by atoms with Gasteiger partial charge < -0.3 is 18.9 Å². The van der Waals surface area contributed by atoms with Crippen molar-refractivity contribution in [3.8, 4) is 11.5 Å². The first-order valence-corrected chi connectivity index (χ1v) is 15.8. The fourth-order valence-corrected chi connectivity index (χ4v) is 8.59. The molecule has 0 heterocycles. The minimum Gasteiger partial charge on any atom is -0.428 e. The number of ether oxygens (including phenoxy) is 4. The van der Waals surface area contributed by atoms with E-state index in [1.54, 1.807) is 114 Å². The van der Waals surface area contributed by atoms with Gasteiger partial charge in [0.05, 0.1) is 25.0 Å². The molecular formula is C29H35O9S2+. The predicted octanol–water partition coefficient (Wildman–Crippen LogP) is 7.56. The molecule has 0 aromatic heterocycles. The first kappa shape index (κ1) is 31.0. The Hall–Kier alpha value is -3.54. The molecule has 0 fully saturated rings. The summed E-state index contributed by atoms with van der Waals surface area (Å²) in [5, 5.41) is 0. The van der Waals surface area contributed by atoms with Crippen LogP contribution >= 0.6 is 10.3 Å². The largest absolute Gasteiger partial charge is 0.514 e. The summed E-state index contributed by atoms with van der Waals surface area (Å²) < 4.78 is 50.9. The summed E-state index contributed by atoms with van der Waals surface area (Å²) in [6.07, 6.45) is -0.677. The summed E-state index contributed by atoms with van der Waals surface area (Å²) in [4.78, 5) is 26.1. The van der Waals surface area contributed by atoms with Crippen molar-refractivity contribution in [3.05, 3.63) is 78.9 Å². The molecule has 0 aliphatic carbocycles. The first-order valence-electron chi connectivity index (χ1n) is 12.3. The van der Waals surface area contributed by atoms with Gasteiger partial charge in [0.15, 0.2) is 0 Å². The van der Waals surface area contributed by atoms with Crippen molar-refractivity contribution in [2.75, 3.05) is 6.26 Å². The molecule has 0 saturated carbocycles. The molecule has 3 aromatic rings. The molecule has 216 valence electrons. The van der Waals surface area contributed by atoms with Gasteiger partial charge in [-0.25, -0.2) is 9.59 Å². The Balaban J connectivity index is 2.07. The van der Waals surface area contributed by atoms with Crippen molar-refractivity contribution < 1.29 is 40.6 Å². The highest BCUT2D eigenvalue weighted by Gasteiger charge is 2.41. The number of carbonyl (C=O) groups is 2. The van der Waals surface area contributed by atoms with E-state index in [0.717, 1.165) is 6.26 Å². The molecule has 11 heteroatoms. The van der Waals surface area contributed by atoms with E-state index in [1.165, 1.54) is 0 Å². The molecule has 0 unspecified atom stereocenters. The van der Waals surface area contributed by atoms with E-state index in [-0.39, 0.29) is 11.5 Å². The summed E-state index contributed by atoms with van der Waals surface area (Å²) in [5.74, 6) is 0.444. The number of carbonyl (C=O) groups excluding carboxylic acids is 2. The molecule has 3 aromatic carbocycles. The maximum atomic E-state index is 12.7. The summed E-state index contributed by atoms with van der Waals surface area (Å²) >= 11 is 0. The molecule has 0 radical (unpaired) electrons. The highest BCUT2D eigenvalue weighted by molar-refractivity contribution is 8.32. The van der Waals surface area contributed by atoms with E-state index in [0.29, 0.717) is 14.7 Å². The van der Waals surface area contributed by atoms with Gasteiger partial charge in [0, 0.05) is 0 Å². The van der Waals surface area contributed by atoms with E-state index in [4.69, 9.17) is 18.9 Å². The average molecular weight is 592 g/mol. The van der Waals surface area contributed by atoms with Crippen LogP contribution in [0.2, 0.25) is 0 Å². The molecule has 1 N–H and O–H groups in total. The molecule has 0 bridgehead atoms. The molecule has 0 aliphatic rings. The van der Waals surface area contributed by atoms with E-state index >= 15 is 0 Å². The van der Waals surface area contributed by atoms with Crippen LogP contribution in [0.5, 0.6) is 11.5 Å². The van der Waals surface area contributed by atoms with Crippen LogP contribution in [0.4, 0.5) is 9.59 Å². The summed E-state index contributed by atoms with van der Waals surface area (Å²) in [6.45, 7) is 10.4. The maximum absolute atomic E-state index is 12.7. The van der Waals surface area contributed by atoms with Crippen molar-refractivity contribution >= 4 is 32.7 Å². The molecule has 0 saturated heterocycles. The molecule has 40 heavy (non-hydrogen) atoms. The van der Waals surface area contributed by atoms with Gasteiger partial charge in [0.25, 0.3) is 0 Å². The second-order valence-corrected chi connectivity index (χ2v) is 15.4. The molecular weight excluding hydrogens is 556 g/mol. The average Bonchev–Trinajstić information content (AvgIpc) is 2.81. The van der Waals surface area contributed by atoms with E-state index < -0.39 is 43.9 Å². The van der Waals surface area contributed by atoms with Crippen LogP contribution in [-0.2, 0) is 19.6 Å². The SMILES string of the molecule is CC(C)(C)OC(=O)Oc1ccc(S([OH+]S(C)(=O)=O)(c2ccccc2)c2ccc(OC(=O)OC(C)(C)C)cc2)cc1. The quantitative estimate of drug-likeness (QED) is 0.119. The summed E-state index contributed by atoms with van der Waals surface area (Å²) in [7, 11) is -6.62. The third-order valence-electron chi connectivity index (χ3n) is 4.84. The lowest BCUT2D eigenvalue weighted by molar-refractivity contribution is 0.0193. The van der Waals surface area contributed by atoms with E-state index in [9.17, 15) is 18.0 Å². The standard InChI is InChI=1S/C29H34O9S2/c1-28(2,3)36-26(30)34-21-13-17-24(18-14-21)40(38-39(7,32)33,23-11-9-8-10-12-23)25-19-15-22(16-20-25)35-27(31)37-29(4,5)6/h8-20H,1-7H3/p+1. The number of hydrogen-bond donors (Lipinski definition) is 0. The van der Waals surface area contributed by atoms with Crippen LogP contribution in [-0.4, -0.2) is 41.8 Å². The van der Waals surface area contributed by atoms with E-state index in [2.05, 4.69) is 3.63 Å². The van der Waals surface area contributed by atoms with Crippen LogP contribution in [0.15, 0.2) is 93.5 Å². The van der Waals surface area contributed by atoms with Crippen molar-refractivity contribution in [2.24, 2.45) is 0 Å². The smallest absolute Gasteiger partial charge is 0.428 e. The van der Waals surface area contributed by atoms with Gasteiger partial charge in [0.1, 0.15) is 29.0 Å². The Morgan fingerprint density at radius 2 is 0.950 bits per heavy atom. The topological polar surface area (TPSA) is 118 Å². The third-order valence-corrected chi connectivity index (χ3v) is 9.68. The zero-order chi connectivity index (χ0) is 29.8. The van der Waals surface area contributed by atoms with Gasteiger partial charge in [-0.15, -0.1) is 0 Å². The summed E-state index contributed by atoms with van der Waals surface area (Å²) in [6, 6.07) is 21.9. The van der Waals surface area contributed by atoms with Gasteiger partial charge in [-0.3, -0.25) is 3.63 Å². The van der Waals surface area contributed by atoms with Gasteiger partial charge in [-0.1, -0.05) is 18.2 Å². The fourth-order valence-electron chi connectivity index (χ4n) is 3.50. The number of hydrogen-bond acceptors (Lipinski definition) is 8. The van der Waals surface area contributed by atoms with E-state index in [1.807, 2.05) is 6.07 Å². The second kappa shape index (κ2) is 11.9. The molecule has 0 aliphatic heterocycles. The fraction of sp³-hybridized carbons (Fsp3) is 0.310. The minimum absolute atomic E-state index is 0.222.